The minimum Gasteiger partial charge on any atom is -0.449 e. The van der Waals surface area contributed by atoms with Gasteiger partial charge in [-0.25, -0.2) is 0 Å². The molecule has 90 valence electrons. The number of nitrogens with one attached hydrogen (secondary N) is 1. The Morgan fingerprint density at radius 3 is 2.53 bits per heavy atom. The van der Waals surface area contributed by atoms with Gasteiger partial charge in [-0.2, -0.15) is 13.2 Å². The van der Waals surface area contributed by atoms with Gasteiger partial charge in [0, 0.05) is 11.8 Å². The van der Waals surface area contributed by atoms with Crippen molar-refractivity contribution in [3.8, 4) is 0 Å². The number of hydrogen-bond donors (Lipinski definition) is 1. The van der Waals surface area contributed by atoms with E-state index in [-0.39, 0.29) is 10.7 Å². The van der Waals surface area contributed by atoms with Crippen LogP contribution in [-0.4, -0.2) is 0 Å². The van der Waals surface area contributed by atoms with Crippen LogP contribution in [0.3, 0.4) is 0 Å². The topological polar surface area (TPSA) is 25.2 Å². The molecule has 2 rings (SSSR count). The van der Waals surface area contributed by atoms with Gasteiger partial charge in [-0.15, -0.1) is 0 Å². The van der Waals surface area contributed by atoms with E-state index in [1.165, 1.54) is 18.4 Å². The van der Waals surface area contributed by atoms with E-state index < -0.39 is 11.7 Å². The van der Waals surface area contributed by atoms with Crippen LogP contribution in [-0.2, 0) is 6.18 Å². The lowest BCUT2D eigenvalue weighted by molar-refractivity contribution is -0.137. The van der Waals surface area contributed by atoms with Crippen LogP contribution < -0.4 is 5.32 Å². The van der Waals surface area contributed by atoms with E-state index in [2.05, 4.69) is 5.32 Å². The second-order valence-electron chi connectivity index (χ2n) is 3.29. The fraction of sp³-hybridized carbons (Fsp3) is 0.0909. The highest BCUT2D eigenvalue weighted by atomic mass is 35.5. The van der Waals surface area contributed by atoms with Crippen LogP contribution in [0.1, 0.15) is 5.56 Å². The normalized spacial score (nSPS) is 11.5. The van der Waals surface area contributed by atoms with Crippen molar-refractivity contribution in [2.24, 2.45) is 0 Å². The minimum atomic E-state index is -4.47. The zero-order valence-corrected chi connectivity index (χ0v) is 9.14. The SMILES string of the molecule is FC(F)(F)c1cc(Nc2ccco2)ccc1Cl. The smallest absolute Gasteiger partial charge is 0.417 e. The molecule has 2 aromatic rings. The van der Waals surface area contributed by atoms with E-state index in [1.807, 2.05) is 0 Å². The maximum Gasteiger partial charge on any atom is 0.417 e. The van der Waals surface area contributed by atoms with Crippen LogP contribution in [0, 0.1) is 0 Å². The largest absolute Gasteiger partial charge is 0.449 e. The lowest BCUT2D eigenvalue weighted by Crippen LogP contribution is -2.06. The molecule has 0 saturated carbocycles. The average Bonchev–Trinajstić information content (AvgIpc) is 2.72. The summed E-state index contributed by atoms with van der Waals surface area (Å²) in [7, 11) is 0. The highest BCUT2D eigenvalue weighted by Crippen LogP contribution is 2.36. The summed E-state index contributed by atoms with van der Waals surface area (Å²) in [6.45, 7) is 0. The lowest BCUT2D eigenvalue weighted by Gasteiger charge is -2.11. The van der Waals surface area contributed by atoms with E-state index in [1.54, 1.807) is 12.1 Å². The monoisotopic (exact) mass is 261 g/mol. The molecule has 0 aliphatic heterocycles. The number of anilines is 2. The second kappa shape index (κ2) is 4.33. The first-order valence-corrected chi connectivity index (χ1v) is 5.02. The van der Waals surface area contributed by atoms with Gasteiger partial charge in [-0.1, -0.05) is 11.6 Å². The van der Waals surface area contributed by atoms with E-state index in [9.17, 15) is 13.2 Å². The van der Waals surface area contributed by atoms with Gasteiger partial charge < -0.3 is 9.73 Å². The van der Waals surface area contributed by atoms with E-state index in [4.69, 9.17) is 16.0 Å². The van der Waals surface area contributed by atoms with Gasteiger partial charge in [-0.3, -0.25) is 0 Å². The Hall–Kier alpha value is -1.62. The van der Waals surface area contributed by atoms with Crippen LogP contribution in [0.5, 0.6) is 0 Å². The Labute approximate surface area is 100.0 Å². The number of furan rings is 1. The van der Waals surface area contributed by atoms with Gasteiger partial charge in [0.25, 0.3) is 0 Å². The highest BCUT2D eigenvalue weighted by molar-refractivity contribution is 6.31. The molecule has 1 aromatic carbocycles. The number of alkyl halides is 3. The van der Waals surface area contributed by atoms with Gasteiger partial charge in [0.1, 0.15) is 0 Å². The maximum atomic E-state index is 12.6. The molecule has 0 bridgehead atoms. The third kappa shape index (κ3) is 2.74. The summed E-state index contributed by atoms with van der Waals surface area (Å²) in [6.07, 6.45) is -3.05. The predicted octanol–water partition coefficient (Wildman–Crippen LogP) is 4.70. The second-order valence-corrected chi connectivity index (χ2v) is 3.70. The standard InChI is InChI=1S/C11H7ClF3NO/c12-9-4-3-7(6-8(9)11(13,14)15)16-10-2-1-5-17-10/h1-6,16H. The van der Waals surface area contributed by atoms with Crippen molar-refractivity contribution >= 4 is 23.2 Å². The average molecular weight is 262 g/mol. The molecule has 0 spiro atoms. The first-order valence-electron chi connectivity index (χ1n) is 4.64. The van der Waals surface area contributed by atoms with Crippen molar-refractivity contribution in [1.82, 2.24) is 0 Å². The minimum absolute atomic E-state index is 0.261. The molecule has 0 aliphatic carbocycles. The van der Waals surface area contributed by atoms with Gasteiger partial charge in [0.15, 0.2) is 5.88 Å². The summed E-state index contributed by atoms with van der Waals surface area (Å²) in [4.78, 5) is 0. The quantitative estimate of drug-likeness (QED) is 0.848. The highest BCUT2D eigenvalue weighted by Gasteiger charge is 2.33. The molecule has 0 saturated heterocycles. The van der Waals surface area contributed by atoms with Crippen molar-refractivity contribution < 1.29 is 17.6 Å². The van der Waals surface area contributed by atoms with Gasteiger partial charge in [-0.05, 0) is 24.3 Å². The summed E-state index contributed by atoms with van der Waals surface area (Å²) in [5.74, 6) is 0.362. The molecule has 0 fully saturated rings. The van der Waals surface area contributed by atoms with E-state index >= 15 is 0 Å². The molecule has 2 nitrogen and oxygen atoms in total. The Balaban J connectivity index is 2.31. The zero-order valence-electron chi connectivity index (χ0n) is 8.38. The number of benzene rings is 1. The molecular weight excluding hydrogens is 255 g/mol. The lowest BCUT2D eigenvalue weighted by atomic mass is 10.2. The summed E-state index contributed by atoms with van der Waals surface area (Å²) in [5, 5.41) is 2.37. The molecular formula is C11H7ClF3NO. The maximum absolute atomic E-state index is 12.6. The predicted molar refractivity (Wildman–Crippen MR) is 58.4 cm³/mol. The van der Waals surface area contributed by atoms with Gasteiger partial charge in [0.2, 0.25) is 0 Å². The molecule has 6 heteroatoms. The molecule has 17 heavy (non-hydrogen) atoms. The summed E-state index contributed by atoms with van der Waals surface area (Å²) < 4.78 is 42.7. The number of hydrogen-bond acceptors (Lipinski definition) is 2. The van der Waals surface area contributed by atoms with E-state index in [0.29, 0.717) is 5.88 Å². The first-order chi connectivity index (χ1) is 7.97. The first kappa shape index (κ1) is 11.9. The summed E-state index contributed by atoms with van der Waals surface area (Å²) in [6, 6.07) is 6.80. The van der Waals surface area contributed by atoms with Crippen LogP contribution in [0.25, 0.3) is 0 Å². The van der Waals surface area contributed by atoms with E-state index in [0.717, 1.165) is 6.07 Å². The Morgan fingerprint density at radius 1 is 1.18 bits per heavy atom. The van der Waals surface area contributed by atoms with Gasteiger partial charge >= 0.3 is 6.18 Å². The van der Waals surface area contributed by atoms with Crippen molar-refractivity contribution in [2.75, 3.05) is 5.32 Å². The van der Waals surface area contributed by atoms with Crippen LogP contribution in [0.4, 0.5) is 24.7 Å². The van der Waals surface area contributed by atoms with Crippen molar-refractivity contribution in [2.45, 2.75) is 6.18 Å². The van der Waals surface area contributed by atoms with Crippen LogP contribution in [0.15, 0.2) is 41.0 Å². The molecule has 1 heterocycles. The Bertz CT molecular complexity index is 508. The van der Waals surface area contributed by atoms with Gasteiger partial charge in [0.05, 0.1) is 16.8 Å². The van der Waals surface area contributed by atoms with Crippen molar-refractivity contribution in [1.29, 1.82) is 0 Å². The number of halogens is 4. The molecule has 0 aliphatic rings. The fourth-order valence-corrected chi connectivity index (χ4v) is 1.54. The third-order valence-corrected chi connectivity index (χ3v) is 2.39. The molecule has 1 N–H and O–H groups in total. The summed E-state index contributed by atoms with van der Waals surface area (Å²) >= 11 is 5.49. The summed E-state index contributed by atoms with van der Waals surface area (Å²) in [5.41, 5.74) is -0.618. The van der Waals surface area contributed by atoms with Crippen molar-refractivity contribution in [3.05, 3.63) is 47.2 Å². The van der Waals surface area contributed by atoms with Crippen molar-refractivity contribution in [3.63, 3.8) is 0 Å². The molecule has 0 amide bonds. The Morgan fingerprint density at radius 2 is 1.94 bits per heavy atom. The zero-order chi connectivity index (χ0) is 12.5. The van der Waals surface area contributed by atoms with Crippen LogP contribution in [0.2, 0.25) is 5.02 Å². The molecule has 0 radical (unpaired) electrons. The molecule has 1 aromatic heterocycles. The Kier molecular flexibility index (Phi) is 3.02. The van der Waals surface area contributed by atoms with Crippen LogP contribution >= 0.6 is 11.6 Å². The molecule has 0 atom stereocenters. The fourth-order valence-electron chi connectivity index (χ4n) is 1.31. The number of rotatable bonds is 2. The molecule has 0 unspecified atom stereocenters. The third-order valence-electron chi connectivity index (χ3n) is 2.06.